The standard InChI is InChI=1S/C15H19N3O2S/c1-4-18-14(12-8-6-11(3)7-9-12)16-17-15(18)21-10-13(19)20-5-2/h6-9H,4-5,10H2,1-3H3. The maximum absolute atomic E-state index is 11.4. The molecule has 112 valence electrons. The van der Waals surface area contributed by atoms with Crippen molar-refractivity contribution in [1.82, 2.24) is 14.8 Å². The molecule has 1 aromatic heterocycles. The van der Waals surface area contributed by atoms with Crippen molar-refractivity contribution >= 4 is 17.7 Å². The van der Waals surface area contributed by atoms with Crippen LogP contribution in [0.25, 0.3) is 11.4 Å². The van der Waals surface area contributed by atoms with Crippen LogP contribution in [0.5, 0.6) is 0 Å². The largest absolute Gasteiger partial charge is 0.465 e. The highest BCUT2D eigenvalue weighted by Gasteiger charge is 2.14. The number of ether oxygens (including phenoxy) is 1. The van der Waals surface area contributed by atoms with Gasteiger partial charge in [0.05, 0.1) is 12.4 Å². The molecule has 2 aromatic rings. The molecule has 21 heavy (non-hydrogen) atoms. The van der Waals surface area contributed by atoms with Gasteiger partial charge in [0, 0.05) is 12.1 Å². The van der Waals surface area contributed by atoms with Crippen LogP contribution in [-0.4, -0.2) is 33.1 Å². The van der Waals surface area contributed by atoms with Crippen molar-refractivity contribution in [2.24, 2.45) is 0 Å². The van der Waals surface area contributed by atoms with Crippen molar-refractivity contribution in [3.05, 3.63) is 29.8 Å². The summed E-state index contributed by atoms with van der Waals surface area (Å²) in [5, 5.41) is 9.17. The second kappa shape index (κ2) is 7.26. The molecule has 1 heterocycles. The number of carbonyl (C=O) groups is 1. The van der Waals surface area contributed by atoms with E-state index >= 15 is 0 Å². The highest BCUT2D eigenvalue weighted by Crippen LogP contribution is 2.24. The Morgan fingerprint density at radius 2 is 1.95 bits per heavy atom. The average molecular weight is 305 g/mol. The third-order valence-electron chi connectivity index (χ3n) is 2.97. The molecule has 0 aliphatic carbocycles. The fourth-order valence-electron chi connectivity index (χ4n) is 1.92. The molecule has 0 fully saturated rings. The van der Waals surface area contributed by atoms with E-state index in [-0.39, 0.29) is 11.7 Å². The molecule has 0 radical (unpaired) electrons. The van der Waals surface area contributed by atoms with Gasteiger partial charge in [-0.1, -0.05) is 41.6 Å². The van der Waals surface area contributed by atoms with E-state index < -0.39 is 0 Å². The monoisotopic (exact) mass is 305 g/mol. The number of hydrogen-bond donors (Lipinski definition) is 0. The Morgan fingerprint density at radius 3 is 2.57 bits per heavy atom. The predicted molar refractivity (Wildman–Crippen MR) is 83.2 cm³/mol. The van der Waals surface area contributed by atoms with E-state index in [1.54, 1.807) is 6.92 Å². The van der Waals surface area contributed by atoms with E-state index in [0.717, 1.165) is 23.1 Å². The Kier molecular flexibility index (Phi) is 5.38. The van der Waals surface area contributed by atoms with Gasteiger partial charge >= 0.3 is 5.97 Å². The lowest BCUT2D eigenvalue weighted by Crippen LogP contribution is -2.08. The smallest absolute Gasteiger partial charge is 0.316 e. The quantitative estimate of drug-likeness (QED) is 0.606. The Morgan fingerprint density at radius 1 is 1.24 bits per heavy atom. The van der Waals surface area contributed by atoms with Gasteiger partial charge in [0.25, 0.3) is 0 Å². The van der Waals surface area contributed by atoms with Gasteiger partial charge < -0.3 is 9.30 Å². The number of rotatable bonds is 6. The van der Waals surface area contributed by atoms with E-state index in [1.807, 2.05) is 23.6 Å². The second-order valence-corrected chi connectivity index (χ2v) is 5.45. The van der Waals surface area contributed by atoms with E-state index in [4.69, 9.17) is 4.74 Å². The van der Waals surface area contributed by atoms with Crippen LogP contribution >= 0.6 is 11.8 Å². The van der Waals surface area contributed by atoms with Crippen molar-refractivity contribution in [1.29, 1.82) is 0 Å². The van der Waals surface area contributed by atoms with Gasteiger partial charge in [-0.2, -0.15) is 0 Å². The summed E-state index contributed by atoms with van der Waals surface area (Å²) >= 11 is 1.35. The fraction of sp³-hybridized carbons (Fsp3) is 0.400. The highest BCUT2D eigenvalue weighted by atomic mass is 32.2. The van der Waals surface area contributed by atoms with Crippen LogP contribution in [0.4, 0.5) is 0 Å². The lowest BCUT2D eigenvalue weighted by atomic mass is 10.1. The molecular formula is C15H19N3O2S. The van der Waals surface area contributed by atoms with Gasteiger partial charge in [-0.25, -0.2) is 0 Å². The van der Waals surface area contributed by atoms with Crippen LogP contribution in [0, 0.1) is 6.92 Å². The zero-order valence-electron chi connectivity index (χ0n) is 12.5. The Labute approximate surface area is 128 Å². The first kappa shape index (κ1) is 15.6. The summed E-state index contributed by atoms with van der Waals surface area (Å²) in [4.78, 5) is 11.4. The number of aryl methyl sites for hydroxylation is 1. The molecule has 0 saturated carbocycles. The van der Waals surface area contributed by atoms with Crippen LogP contribution in [-0.2, 0) is 16.1 Å². The molecule has 0 aliphatic heterocycles. The van der Waals surface area contributed by atoms with Crippen LogP contribution < -0.4 is 0 Å². The zero-order chi connectivity index (χ0) is 15.2. The third-order valence-corrected chi connectivity index (χ3v) is 3.91. The van der Waals surface area contributed by atoms with E-state index in [2.05, 4.69) is 29.3 Å². The fourth-order valence-corrected chi connectivity index (χ4v) is 2.72. The number of thioether (sulfide) groups is 1. The van der Waals surface area contributed by atoms with Crippen LogP contribution in [0.2, 0.25) is 0 Å². The van der Waals surface area contributed by atoms with Crippen LogP contribution in [0.15, 0.2) is 29.4 Å². The number of hydrogen-bond acceptors (Lipinski definition) is 5. The van der Waals surface area contributed by atoms with Gasteiger partial charge in [0.15, 0.2) is 11.0 Å². The van der Waals surface area contributed by atoms with Crippen LogP contribution in [0.3, 0.4) is 0 Å². The Hall–Kier alpha value is -1.82. The maximum atomic E-state index is 11.4. The van der Waals surface area contributed by atoms with E-state index in [9.17, 15) is 4.79 Å². The minimum Gasteiger partial charge on any atom is -0.465 e. The number of aromatic nitrogens is 3. The summed E-state index contributed by atoms with van der Waals surface area (Å²) in [7, 11) is 0. The first-order valence-electron chi connectivity index (χ1n) is 6.94. The Bertz CT molecular complexity index is 608. The summed E-state index contributed by atoms with van der Waals surface area (Å²) in [6.45, 7) is 7.03. The topological polar surface area (TPSA) is 57.0 Å². The van der Waals surface area contributed by atoms with Crippen molar-refractivity contribution in [3.8, 4) is 11.4 Å². The van der Waals surface area contributed by atoms with Crippen molar-refractivity contribution < 1.29 is 9.53 Å². The second-order valence-electron chi connectivity index (χ2n) is 4.51. The minimum absolute atomic E-state index is 0.231. The van der Waals surface area contributed by atoms with E-state index in [0.29, 0.717) is 6.61 Å². The molecule has 0 bridgehead atoms. The first-order chi connectivity index (χ1) is 10.2. The molecule has 0 N–H and O–H groups in total. The maximum Gasteiger partial charge on any atom is 0.316 e. The molecule has 2 rings (SSSR count). The third kappa shape index (κ3) is 3.85. The molecule has 0 aliphatic rings. The van der Waals surface area contributed by atoms with Crippen molar-refractivity contribution in [3.63, 3.8) is 0 Å². The number of esters is 1. The molecule has 0 saturated heterocycles. The summed E-state index contributed by atoms with van der Waals surface area (Å²) < 4.78 is 6.93. The molecule has 1 aromatic carbocycles. The molecule has 0 unspecified atom stereocenters. The molecule has 6 heteroatoms. The van der Waals surface area contributed by atoms with Crippen molar-refractivity contribution in [2.75, 3.05) is 12.4 Å². The summed E-state index contributed by atoms with van der Waals surface area (Å²) in [6.07, 6.45) is 0. The minimum atomic E-state index is -0.231. The SMILES string of the molecule is CCOC(=O)CSc1nnc(-c2ccc(C)cc2)n1CC. The zero-order valence-corrected chi connectivity index (χ0v) is 13.3. The summed E-state index contributed by atoms with van der Waals surface area (Å²) in [5.41, 5.74) is 2.23. The summed E-state index contributed by atoms with van der Waals surface area (Å²) in [5.74, 6) is 0.841. The lowest BCUT2D eigenvalue weighted by molar-refractivity contribution is -0.139. The first-order valence-corrected chi connectivity index (χ1v) is 7.93. The number of benzene rings is 1. The molecule has 0 spiro atoms. The molecular weight excluding hydrogens is 286 g/mol. The van der Waals surface area contributed by atoms with Gasteiger partial charge in [0.2, 0.25) is 0 Å². The lowest BCUT2D eigenvalue weighted by Gasteiger charge is -2.07. The van der Waals surface area contributed by atoms with Gasteiger partial charge in [-0.3, -0.25) is 4.79 Å². The predicted octanol–water partition coefficient (Wildman–Crippen LogP) is 2.93. The van der Waals surface area contributed by atoms with Gasteiger partial charge in [-0.05, 0) is 20.8 Å². The van der Waals surface area contributed by atoms with Crippen LogP contribution in [0.1, 0.15) is 19.4 Å². The van der Waals surface area contributed by atoms with Crippen molar-refractivity contribution in [2.45, 2.75) is 32.5 Å². The molecule has 0 atom stereocenters. The Balaban J connectivity index is 2.18. The van der Waals surface area contributed by atoms with E-state index in [1.165, 1.54) is 17.3 Å². The average Bonchev–Trinajstić information content (AvgIpc) is 2.89. The van der Waals surface area contributed by atoms with Gasteiger partial charge in [-0.15, -0.1) is 10.2 Å². The highest BCUT2D eigenvalue weighted by molar-refractivity contribution is 7.99. The normalized spacial score (nSPS) is 10.6. The number of carbonyl (C=O) groups excluding carboxylic acids is 1. The molecule has 5 nitrogen and oxygen atoms in total. The summed E-state index contributed by atoms with van der Waals surface area (Å²) in [6, 6.07) is 8.17. The number of nitrogens with zero attached hydrogens (tertiary/aromatic N) is 3. The molecule has 0 amide bonds. The van der Waals surface area contributed by atoms with Gasteiger partial charge in [0.1, 0.15) is 0 Å².